The molecule has 2 aromatic carbocycles. The summed E-state index contributed by atoms with van der Waals surface area (Å²) >= 11 is 0. The van der Waals surface area contributed by atoms with Gasteiger partial charge >= 0.3 is 5.97 Å². The predicted octanol–water partition coefficient (Wildman–Crippen LogP) is 2.43. The molecule has 0 aliphatic rings. The average Bonchev–Trinajstić information content (AvgIpc) is 2.75. The number of benzene rings is 2. The standard InChI is InChI=1S/C23H27N3O4/c1-16(24)22(28)26-19(12-11-17-7-4-3-5-8-17)13-14-21(27)25-20-10-6-9-18(15-20)23(29)30-2/h3-10,13-16,19H,11-12,24H2,1-2H3,(H,25,27)(H,26,28)/t16-,19?/m0/s1. The van der Waals surface area contributed by atoms with E-state index in [2.05, 4.69) is 15.4 Å². The molecule has 0 saturated carbocycles. The Kier molecular flexibility index (Phi) is 8.77. The van der Waals surface area contributed by atoms with Gasteiger partial charge < -0.3 is 21.1 Å². The molecule has 4 N–H and O–H groups in total. The summed E-state index contributed by atoms with van der Waals surface area (Å²) in [6.07, 6.45) is 4.35. The summed E-state index contributed by atoms with van der Waals surface area (Å²) in [6, 6.07) is 15.3. The maximum atomic E-state index is 12.3. The largest absolute Gasteiger partial charge is 0.465 e. The van der Waals surface area contributed by atoms with E-state index in [1.54, 1.807) is 31.2 Å². The molecule has 0 radical (unpaired) electrons. The van der Waals surface area contributed by atoms with Crippen molar-refractivity contribution in [2.24, 2.45) is 5.73 Å². The van der Waals surface area contributed by atoms with Gasteiger partial charge in [0.15, 0.2) is 0 Å². The number of methoxy groups -OCH3 is 1. The highest BCUT2D eigenvalue weighted by atomic mass is 16.5. The number of ether oxygens (including phenoxy) is 1. The zero-order valence-corrected chi connectivity index (χ0v) is 17.1. The minimum absolute atomic E-state index is 0.288. The molecule has 0 aromatic heterocycles. The zero-order valence-electron chi connectivity index (χ0n) is 17.1. The summed E-state index contributed by atoms with van der Waals surface area (Å²) in [5, 5.41) is 5.54. The number of esters is 1. The number of carbonyl (C=O) groups excluding carboxylic acids is 3. The quantitative estimate of drug-likeness (QED) is 0.435. The second-order valence-electron chi connectivity index (χ2n) is 6.85. The van der Waals surface area contributed by atoms with E-state index in [1.807, 2.05) is 30.3 Å². The van der Waals surface area contributed by atoms with Crippen molar-refractivity contribution in [3.63, 3.8) is 0 Å². The molecule has 2 amide bonds. The average molecular weight is 409 g/mol. The van der Waals surface area contributed by atoms with Gasteiger partial charge in [-0.25, -0.2) is 4.79 Å². The van der Waals surface area contributed by atoms with E-state index in [9.17, 15) is 14.4 Å². The van der Waals surface area contributed by atoms with Crippen molar-refractivity contribution in [2.45, 2.75) is 31.8 Å². The van der Waals surface area contributed by atoms with Crippen molar-refractivity contribution >= 4 is 23.5 Å². The number of hydrogen-bond donors (Lipinski definition) is 3. The topological polar surface area (TPSA) is 111 Å². The maximum absolute atomic E-state index is 12.3. The molecule has 0 bridgehead atoms. The molecule has 30 heavy (non-hydrogen) atoms. The number of anilines is 1. The van der Waals surface area contributed by atoms with Crippen molar-refractivity contribution in [3.8, 4) is 0 Å². The van der Waals surface area contributed by atoms with Crippen molar-refractivity contribution in [1.29, 1.82) is 0 Å². The van der Waals surface area contributed by atoms with Crippen LogP contribution in [-0.4, -0.2) is 37.0 Å². The minimum atomic E-state index is -0.646. The summed E-state index contributed by atoms with van der Waals surface area (Å²) in [4.78, 5) is 35.9. The van der Waals surface area contributed by atoms with Gasteiger partial charge in [-0.15, -0.1) is 0 Å². The molecule has 2 atom stereocenters. The van der Waals surface area contributed by atoms with Gasteiger partial charge in [0.1, 0.15) is 0 Å². The Hall–Kier alpha value is -3.45. The molecule has 1 unspecified atom stereocenters. The Morgan fingerprint density at radius 3 is 2.50 bits per heavy atom. The second-order valence-corrected chi connectivity index (χ2v) is 6.85. The Bertz CT molecular complexity index is 894. The van der Waals surface area contributed by atoms with Gasteiger partial charge in [-0.2, -0.15) is 0 Å². The zero-order chi connectivity index (χ0) is 21.9. The van der Waals surface area contributed by atoms with Crippen LogP contribution in [-0.2, 0) is 20.7 Å². The molecular formula is C23H27N3O4. The van der Waals surface area contributed by atoms with Crippen LogP contribution in [0.4, 0.5) is 5.69 Å². The molecule has 0 heterocycles. The van der Waals surface area contributed by atoms with Gasteiger partial charge in [0.2, 0.25) is 11.8 Å². The third-order valence-electron chi connectivity index (χ3n) is 4.36. The summed E-state index contributed by atoms with van der Waals surface area (Å²) < 4.78 is 4.68. The number of aryl methyl sites for hydroxylation is 1. The van der Waals surface area contributed by atoms with Crippen LogP contribution in [0.2, 0.25) is 0 Å². The first-order valence-corrected chi connectivity index (χ1v) is 9.66. The maximum Gasteiger partial charge on any atom is 0.337 e. The lowest BCUT2D eigenvalue weighted by Gasteiger charge is -2.17. The fraction of sp³-hybridized carbons (Fsp3) is 0.261. The first kappa shape index (κ1) is 22.8. The van der Waals surface area contributed by atoms with E-state index in [0.29, 0.717) is 17.7 Å². The van der Waals surface area contributed by atoms with E-state index in [0.717, 1.165) is 12.0 Å². The Balaban J connectivity index is 2.02. The molecule has 2 rings (SSSR count). The van der Waals surface area contributed by atoms with Crippen LogP contribution in [0.3, 0.4) is 0 Å². The van der Waals surface area contributed by atoms with E-state index in [4.69, 9.17) is 5.73 Å². The number of nitrogens with one attached hydrogen (secondary N) is 2. The molecule has 0 fully saturated rings. The van der Waals surface area contributed by atoms with Crippen LogP contribution in [0.15, 0.2) is 66.7 Å². The fourth-order valence-corrected chi connectivity index (χ4v) is 2.73. The highest BCUT2D eigenvalue weighted by Gasteiger charge is 2.13. The Labute approximate surface area is 176 Å². The number of amides is 2. The lowest BCUT2D eigenvalue weighted by Crippen LogP contribution is -2.43. The van der Waals surface area contributed by atoms with Crippen LogP contribution in [0.25, 0.3) is 0 Å². The van der Waals surface area contributed by atoms with E-state index in [1.165, 1.54) is 19.3 Å². The van der Waals surface area contributed by atoms with Gasteiger partial charge in [0.05, 0.1) is 18.7 Å². The Morgan fingerprint density at radius 1 is 1.10 bits per heavy atom. The van der Waals surface area contributed by atoms with Gasteiger partial charge in [-0.3, -0.25) is 9.59 Å². The van der Waals surface area contributed by atoms with Gasteiger partial charge in [-0.05, 0) is 43.5 Å². The molecule has 0 aliphatic heterocycles. The first-order chi connectivity index (χ1) is 14.4. The lowest BCUT2D eigenvalue weighted by atomic mass is 10.0. The third-order valence-corrected chi connectivity index (χ3v) is 4.36. The number of nitrogens with two attached hydrogens (primary N) is 1. The second kappa shape index (κ2) is 11.5. The summed E-state index contributed by atoms with van der Waals surface area (Å²) in [6.45, 7) is 1.61. The number of rotatable bonds is 9. The normalized spacial score (nSPS) is 12.8. The molecule has 2 aromatic rings. The van der Waals surface area contributed by atoms with E-state index < -0.39 is 12.0 Å². The van der Waals surface area contributed by atoms with Gasteiger partial charge in [-0.1, -0.05) is 42.5 Å². The number of carbonyl (C=O) groups is 3. The van der Waals surface area contributed by atoms with E-state index in [-0.39, 0.29) is 17.9 Å². The third kappa shape index (κ3) is 7.52. The van der Waals surface area contributed by atoms with Crippen molar-refractivity contribution in [2.75, 3.05) is 12.4 Å². The minimum Gasteiger partial charge on any atom is -0.465 e. The molecule has 158 valence electrons. The van der Waals surface area contributed by atoms with Gasteiger partial charge in [0.25, 0.3) is 0 Å². The van der Waals surface area contributed by atoms with Crippen LogP contribution in [0.5, 0.6) is 0 Å². The SMILES string of the molecule is COC(=O)c1cccc(NC(=O)C=CC(CCc2ccccc2)NC(=O)[C@H](C)N)c1. The van der Waals surface area contributed by atoms with Crippen molar-refractivity contribution < 1.29 is 19.1 Å². The Morgan fingerprint density at radius 2 is 1.83 bits per heavy atom. The smallest absolute Gasteiger partial charge is 0.337 e. The monoisotopic (exact) mass is 409 g/mol. The molecular weight excluding hydrogens is 382 g/mol. The van der Waals surface area contributed by atoms with Crippen LogP contribution < -0.4 is 16.4 Å². The van der Waals surface area contributed by atoms with Crippen molar-refractivity contribution in [3.05, 3.63) is 77.9 Å². The molecule has 7 nitrogen and oxygen atoms in total. The molecule has 0 aliphatic carbocycles. The summed E-state index contributed by atoms with van der Waals surface area (Å²) in [5.74, 6) is -1.15. The fourth-order valence-electron chi connectivity index (χ4n) is 2.73. The predicted molar refractivity (Wildman–Crippen MR) is 116 cm³/mol. The van der Waals surface area contributed by atoms with E-state index >= 15 is 0 Å². The lowest BCUT2D eigenvalue weighted by molar-refractivity contribution is -0.122. The highest BCUT2D eigenvalue weighted by Crippen LogP contribution is 2.12. The van der Waals surface area contributed by atoms with Crippen LogP contribution >= 0.6 is 0 Å². The van der Waals surface area contributed by atoms with Crippen LogP contribution in [0.1, 0.15) is 29.3 Å². The summed E-state index contributed by atoms with van der Waals surface area (Å²) in [7, 11) is 1.29. The van der Waals surface area contributed by atoms with Crippen molar-refractivity contribution in [1.82, 2.24) is 5.32 Å². The number of hydrogen-bond acceptors (Lipinski definition) is 5. The molecule has 0 saturated heterocycles. The summed E-state index contributed by atoms with van der Waals surface area (Å²) in [5.41, 5.74) is 7.58. The first-order valence-electron chi connectivity index (χ1n) is 9.66. The molecule has 7 heteroatoms. The molecule has 0 spiro atoms. The van der Waals surface area contributed by atoms with Crippen LogP contribution in [0, 0.1) is 0 Å². The van der Waals surface area contributed by atoms with Gasteiger partial charge in [0, 0.05) is 17.8 Å². The highest BCUT2D eigenvalue weighted by molar-refractivity contribution is 6.00.